The second-order valence-electron chi connectivity index (χ2n) is 6.81. The number of hydrogen-bond acceptors (Lipinski definition) is 8. The highest BCUT2D eigenvalue weighted by atomic mass is 16.7. The molecule has 10 nitrogen and oxygen atoms in total. The van der Waals surface area contributed by atoms with Crippen molar-refractivity contribution < 1.29 is 33.5 Å². The van der Waals surface area contributed by atoms with E-state index >= 15 is 0 Å². The lowest BCUT2D eigenvalue weighted by Gasteiger charge is -2.20. The maximum absolute atomic E-state index is 12.6. The molecule has 0 atom stereocenters. The Labute approximate surface area is 175 Å². The van der Waals surface area contributed by atoms with Crippen LogP contribution in [0.1, 0.15) is 42.2 Å². The van der Waals surface area contributed by atoms with Crippen molar-refractivity contribution in [3.8, 4) is 5.75 Å². The summed E-state index contributed by atoms with van der Waals surface area (Å²) in [5, 5.41) is 11.2. The second kappa shape index (κ2) is 8.00. The molecule has 158 valence electrons. The molecule has 0 radical (unpaired) electrons. The van der Waals surface area contributed by atoms with Crippen LogP contribution in [0.3, 0.4) is 0 Å². The van der Waals surface area contributed by atoms with Gasteiger partial charge in [0, 0.05) is 29.8 Å². The summed E-state index contributed by atoms with van der Waals surface area (Å²) in [6.07, 6.45) is 1.43. The van der Waals surface area contributed by atoms with E-state index < -0.39 is 22.7 Å². The summed E-state index contributed by atoms with van der Waals surface area (Å²) < 4.78 is 15.9. The zero-order valence-electron chi connectivity index (χ0n) is 16.2. The first-order valence-corrected chi connectivity index (χ1v) is 9.19. The van der Waals surface area contributed by atoms with Crippen molar-refractivity contribution >= 4 is 23.5 Å². The summed E-state index contributed by atoms with van der Waals surface area (Å²) in [7, 11) is 0. The molecule has 31 heavy (non-hydrogen) atoms. The molecule has 0 saturated carbocycles. The predicted molar refractivity (Wildman–Crippen MR) is 105 cm³/mol. The van der Waals surface area contributed by atoms with Gasteiger partial charge >= 0.3 is 5.97 Å². The Hall–Kier alpha value is -4.05. The Morgan fingerprint density at radius 1 is 1.23 bits per heavy atom. The zero-order chi connectivity index (χ0) is 22.1. The van der Waals surface area contributed by atoms with Crippen molar-refractivity contribution in [2.45, 2.75) is 13.2 Å². The highest BCUT2D eigenvalue weighted by Crippen LogP contribution is 2.33. The lowest BCUT2D eigenvalue weighted by atomic mass is 10.1. The molecule has 0 aromatic heterocycles. The average Bonchev–Trinajstić information content (AvgIpc) is 3.01. The molecule has 2 aromatic rings. The van der Waals surface area contributed by atoms with E-state index in [1.54, 1.807) is 0 Å². The van der Waals surface area contributed by atoms with Gasteiger partial charge in [-0.3, -0.25) is 24.6 Å². The van der Waals surface area contributed by atoms with Crippen molar-refractivity contribution in [3.05, 3.63) is 80.9 Å². The maximum atomic E-state index is 12.6. The summed E-state index contributed by atoms with van der Waals surface area (Å²) in [5.74, 6) is -1.35. The minimum Gasteiger partial charge on any atom is -0.467 e. The minimum absolute atomic E-state index is 0.0199. The number of ether oxygens (including phenoxy) is 3. The summed E-state index contributed by atoms with van der Waals surface area (Å²) in [6, 6.07) is 6.70. The monoisotopic (exact) mass is 424 g/mol. The van der Waals surface area contributed by atoms with Gasteiger partial charge in [0.05, 0.1) is 28.2 Å². The topological polar surface area (TPSA) is 125 Å². The average molecular weight is 424 g/mol. The van der Waals surface area contributed by atoms with Crippen LogP contribution in [0.5, 0.6) is 5.75 Å². The SMILES string of the molecule is C=CCN1C(=O)c2ccc(C(=O)OCc3cc([N+](=O)[O-])cc4c3OCOC4)cc2C1=O. The normalized spacial score (nSPS) is 14.5. The van der Waals surface area contributed by atoms with Gasteiger partial charge in [-0.05, 0) is 18.2 Å². The van der Waals surface area contributed by atoms with Crippen LogP contribution in [0.25, 0.3) is 0 Å². The van der Waals surface area contributed by atoms with Crippen molar-refractivity contribution in [2.24, 2.45) is 0 Å². The van der Waals surface area contributed by atoms with Crippen LogP contribution in [0.4, 0.5) is 5.69 Å². The molecule has 2 heterocycles. The van der Waals surface area contributed by atoms with Crippen LogP contribution in [-0.2, 0) is 22.7 Å². The number of amides is 2. The Balaban J connectivity index is 1.55. The minimum atomic E-state index is -0.752. The summed E-state index contributed by atoms with van der Waals surface area (Å²) in [6.45, 7) is 3.42. The molecule has 0 unspecified atom stereocenters. The van der Waals surface area contributed by atoms with E-state index in [0.717, 1.165) is 4.90 Å². The van der Waals surface area contributed by atoms with Crippen LogP contribution < -0.4 is 4.74 Å². The van der Waals surface area contributed by atoms with E-state index in [0.29, 0.717) is 16.9 Å². The Kier molecular flexibility index (Phi) is 5.22. The fourth-order valence-electron chi connectivity index (χ4n) is 3.43. The number of esters is 1. The lowest BCUT2D eigenvalue weighted by molar-refractivity contribution is -0.385. The summed E-state index contributed by atoms with van der Waals surface area (Å²) in [4.78, 5) is 48.9. The smallest absolute Gasteiger partial charge is 0.338 e. The van der Waals surface area contributed by atoms with Gasteiger partial charge in [0.1, 0.15) is 12.4 Å². The lowest BCUT2D eigenvalue weighted by Crippen LogP contribution is -2.29. The van der Waals surface area contributed by atoms with Crippen LogP contribution in [0.15, 0.2) is 43.0 Å². The van der Waals surface area contributed by atoms with Crippen molar-refractivity contribution in [1.29, 1.82) is 0 Å². The molecule has 0 N–H and O–H groups in total. The second-order valence-corrected chi connectivity index (χ2v) is 6.81. The number of imide groups is 1. The zero-order valence-corrected chi connectivity index (χ0v) is 16.2. The molecule has 0 saturated heterocycles. The number of carbonyl (C=O) groups excluding carboxylic acids is 3. The molecule has 2 amide bonds. The molecule has 4 rings (SSSR count). The third-order valence-corrected chi connectivity index (χ3v) is 4.86. The van der Waals surface area contributed by atoms with Gasteiger partial charge in [-0.15, -0.1) is 6.58 Å². The van der Waals surface area contributed by atoms with Crippen molar-refractivity contribution in [3.63, 3.8) is 0 Å². The van der Waals surface area contributed by atoms with Crippen LogP contribution >= 0.6 is 0 Å². The molecule has 2 aliphatic rings. The largest absolute Gasteiger partial charge is 0.467 e. The number of fused-ring (bicyclic) bond motifs is 2. The van der Waals surface area contributed by atoms with E-state index in [-0.39, 0.29) is 48.9 Å². The maximum Gasteiger partial charge on any atom is 0.338 e. The van der Waals surface area contributed by atoms with E-state index in [9.17, 15) is 24.5 Å². The van der Waals surface area contributed by atoms with Crippen molar-refractivity contribution in [2.75, 3.05) is 13.3 Å². The molecule has 0 fully saturated rings. The fourth-order valence-corrected chi connectivity index (χ4v) is 3.43. The van der Waals surface area contributed by atoms with Crippen molar-refractivity contribution in [1.82, 2.24) is 4.90 Å². The first-order valence-electron chi connectivity index (χ1n) is 9.19. The van der Waals surface area contributed by atoms with Gasteiger partial charge in [0.25, 0.3) is 17.5 Å². The standard InChI is InChI=1S/C21H16N2O8/c1-2-5-22-19(24)16-4-3-12(8-17(16)20(22)25)21(26)30-10-14-7-15(23(27)28)6-13-9-29-11-31-18(13)14/h2-4,6-8H,1,5,9-11H2. The fraction of sp³-hybridized carbons (Fsp3) is 0.190. The van der Waals surface area contributed by atoms with Gasteiger partial charge in [0.2, 0.25) is 0 Å². The van der Waals surface area contributed by atoms with Crippen LogP contribution in [0, 0.1) is 10.1 Å². The van der Waals surface area contributed by atoms with Gasteiger partial charge < -0.3 is 14.2 Å². The highest BCUT2D eigenvalue weighted by molar-refractivity contribution is 6.22. The molecule has 2 aromatic carbocycles. The number of carbonyl (C=O) groups is 3. The van der Waals surface area contributed by atoms with Crippen LogP contribution in [-0.4, -0.2) is 40.9 Å². The molecule has 0 aliphatic carbocycles. The number of nitro benzene ring substituents is 1. The number of nitrogens with zero attached hydrogens (tertiary/aromatic N) is 2. The van der Waals surface area contributed by atoms with Crippen LogP contribution in [0.2, 0.25) is 0 Å². The molecular weight excluding hydrogens is 408 g/mol. The predicted octanol–water partition coefficient (Wildman–Crippen LogP) is 2.60. The number of hydrogen-bond donors (Lipinski definition) is 0. The molecule has 0 spiro atoms. The molecule has 2 aliphatic heterocycles. The Bertz CT molecular complexity index is 1140. The third-order valence-electron chi connectivity index (χ3n) is 4.86. The quantitative estimate of drug-likeness (QED) is 0.228. The first kappa shape index (κ1) is 20.2. The van der Waals surface area contributed by atoms with Gasteiger partial charge in [0.15, 0.2) is 6.79 Å². The Morgan fingerprint density at radius 3 is 2.74 bits per heavy atom. The van der Waals surface area contributed by atoms with E-state index in [4.69, 9.17) is 14.2 Å². The van der Waals surface area contributed by atoms with E-state index in [1.807, 2.05) is 0 Å². The molecular formula is C21H16N2O8. The molecule has 0 bridgehead atoms. The third kappa shape index (κ3) is 3.64. The highest BCUT2D eigenvalue weighted by Gasteiger charge is 2.35. The first-order chi connectivity index (χ1) is 14.9. The number of non-ortho nitro benzene ring substituents is 1. The van der Waals surface area contributed by atoms with E-state index in [1.165, 1.54) is 36.4 Å². The Morgan fingerprint density at radius 2 is 2.00 bits per heavy atom. The number of nitro groups is 1. The number of rotatable bonds is 6. The van der Waals surface area contributed by atoms with Gasteiger partial charge in [-0.1, -0.05) is 6.08 Å². The number of benzene rings is 2. The summed E-state index contributed by atoms with van der Waals surface area (Å²) in [5.41, 5.74) is 1.01. The molecule has 10 heteroatoms. The van der Waals surface area contributed by atoms with E-state index in [2.05, 4.69) is 6.58 Å². The van der Waals surface area contributed by atoms with Gasteiger partial charge in [-0.25, -0.2) is 4.79 Å². The van der Waals surface area contributed by atoms with Gasteiger partial charge in [-0.2, -0.15) is 0 Å². The summed E-state index contributed by atoms with van der Waals surface area (Å²) >= 11 is 0.